The van der Waals surface area contributed by atoms with Gasteiger partial charge >= 0.3 is 5.97 Å². The Kier molecular flexibility index (Phi) is 6.27. The van der Waals surface area contributed by atoms with Crippen molar-refractivity contribution in [3.63, 3.8) is 0 Å². The van der Waals surface area contributed by atoms with Gasteiger partial charge in [0, 0.05) is 18.7 Å². The molecule has 0 spiro atoms. The number of hydrogen-bond acceptors (Lipinski definition) is 3. The first-order chi connectivity index (χ1) is 8.13. The number of rotatable bonds is 8. The summed E-state index contributed by atoms with van der Waals surface area (Å²) < 4.78 is 4.85. The van der Waals surface area contributed by atoms with Crippen molar-refractivity contribution in [2.75, 3.05) is 19.7 Å². The zero-order valence-electron chi connectivity index (χ0n) is 11.3. The summed E-state index contributed by atoms with van der Waals surface area (Å²) in [6, 6.07) is 0.751. The van der Waals surface area contributed by atoms with Crippen molar-refractivity contribution in [3.05, 3.63) is 12.2 Å². The summed E-state index contributed by atoms with van der Waals surface area (Å²) in [4.78, 5) is 13.6. The van der Waals surface area contributed by atoms with E-state index < -0.39 is 0 Å². The van der Waals surface area contributed by atoms with Crippen LogP contribution in [0.25, 0.3) is 0 Å². The van der Waals surface area contributed by atoms with Gasteiger partial charge in [0.05, 0.1) is 6.61 Å². The van der Waals surface area contributed by atoms with Crippen molar-refractivity contribution in [3.8, 4) is 0 Å². The van der Waals surface area contributed by atoms with Crippen LogP contribution in [0.2, 0.25) is 0 Å². The van der Waals surface area contributed by atoms with Gasteiger partial charge in [-0.3, -0.25) is 4.90 Å². The monoisotopic (exact) mass is 239 g/mol. The van der Waals surface area contributed by atoms with E-state index in [0.717, 1.165) is 25.0 Å². The summed E-state index contributed by atoms with van der Waals surface area (Å²) in [7, 11) is 0. The van der Waals surface area contributed by atoms with E-state index in [1.54, 1.807) is 6.08 Å². The van der Waals surface area contributed by atoms with Gasteiger partial charge in [0.1, 0.15) is 0 Å². The molecule has 1 rings (SSSR count). The highest BCUT2D eigenvalue weighted by Crippen LogP contribution is 2.27. The average Bonchev–Trinajstić information content (AvgIpc) is 3.07. The number of nitrogens with zero attached hydrogens (tertiary/aromatic N) is 1. The van der Waals surface area contributed by atoms with E-state index >= 15 is 0 Å². The second kappa shape index (κ2) is 7.49. The van der Waals surface area contributed by atoms with Crippen molar-refractivity contribution in [1.82, 2.24) is 4.90 Å². The molecular weight excluding hydrogens is 214 g/mol. The molecular formula is C14H25NO2. The maximum absolute atomic E-state index is 11.1. The summed E-state index contributed by atoms with van der Waals surface area (Å²) in [5.41, 5.74) is 0. The Bertz CT molecular complexity index is 257. The molecule has 0 radical (unpaired) electrons. The molecule has 0 atom stereocenters. The third-order valence-corrected chi connectivity index (χ3v) is 2.94. The molecule has 0 aromatic heterocycles. The van der Waals surface area contributed by atoms with E-state index in [1.807, 2.05) is 13.0 Å². The first kappa shape index (κ1) is 14.2. The molecule has 0 unspecified atom stereocenters. The highest BCUT2D eigenvalue weighted by atomic mass is 16.5. The molecule has 0 saturated heterocycles. The summed E-state index contributed by atoms with van der Waals surface area (Å²) in [5.74, 6) is 0.511. The Labute approximate surface area is 105 Å². The molecule has 0 aromatic carbocycles. The van der Waals surface area contributed by atoms with Gasteiger partial charge in [-0.1, -0.05) is 19.9 Å². The number of carbonyl (C=O) groups is 1. The molecule has 1 saturated carbocycles. The largest absolute Gasteiger partial charge is 0.463 e. The lowest BCUT2D eigenvalue weighted by Gasteiger charge is -2.21. The number of hydrogen-bond donors (Lipinski definition) is 0. The first-order valence-corrected chi connectivity index (χ1v) is 6.70. The molecule has 0 heterocycles. The number of carbonyl (C=O) groups excluding carboxylic acids is 1. The number of ether oxygens (including phenoxy) is 1. The fourth-order valence-corrected chi connectivity index (χ4v) is 1.76. The number of esters is 1. The zero-order chi connectivity index (χ0) is 12.7. The van der Waals surface area contributed by atoms with Gasteiger partial charge in [0.25, 0.3) is 0 Å². The standard InChI is InChI=1S/C14H25NO2/c1-4-17-14(16)6-5-10-15(13-7-8-13)11-9-12(2)3/h5-6,12-13H,4,7-11H2,1-3H3/b6-5+. The van der Waals surface area contributed by atoms with Gasteiger partial charge in [0.2, 0.25) is 0 Å². The second-order valence-corrected chi connectivity index (χ2v) is 5.06. The van der Waals surface area contributed by atoms with Crippen LogP contribution in [0.15, 0.2) is 12.2 Å². The van der Waals surface area contributed by atoms with Gasteiger partial charge in [-0.2, -0.15) is 0 Å². The van der Waals surface area contributed by atoms with Crippen LogP contribution in [0, 0.1) is 5.92 Å². The molecule has 0 aromatic rings. The van der Waals surface area contributed by atoms with E-state index in [0.29, 0.717) is 6.61 Å². The van der Waals surface area contributed by atoms with Crippen LogP contribution in [-0.2, 0) is 9.53 Å². The van der Waals surface area contributed by atoms with Crippen LogP contribution in [0.3, 0.4) is 0 Å². The smallest absolute Gasteiger partial charge is 0.330 e. The summed E-state index contributed by atoms with van der Waals surface area (Å²) in [5, 5.41) is 0. The molecule has 3 heteroatoms. The van der Waals surface area contributed by atoms with Crippen LogP contribution in [0.1, 0.15) is 40.0 Å². The van der Waals surface area contributed by atoms with Gasteiger partial charge in [0.15, 0.2) is 0 Å². The summed E-state index contributed by atoms with van der Waals surface area (Å²) >= 11 is 0. The van der Waals surface area contributed by atoms with Crippen molar-refractivity contribution in [2.24, 2.45) is 5.92 Å². The minimum atomic E-state index is -0.230. The summed E-state index contributed by atoms with van der Waals surface area (Å²) in [6.07, 6.45) is 7.32. The molecule has 0 amide bonds. The van der Waals surface area contributed by atoms with Gasteiger partial charge in [-0.15, -0.1) is 0 Å². The van der Waals surface area contributed by atoms with E-state index in [4.69, 9.17) is 4.74 Å². The molecule has 98 valence electrons. The molecule has 0 N–H and O–H groups in total. The van der Waals surface area contributed by atoms with E-state index in [-0.39, 0.29) is 5.97 Å². The first-order valence-electron chi connectivity index (χ1n) is 6.70. The van der Waals surface area contributed by atoms with E-state index in [1.165, 1.54) is 19.3 Å². The molecule has 1 aliphatic rings. The predicted molar refractivity (Wildman–Crippen MR) is 69.8 cm³/mol. The molecule has 0 bridgehead atoms. The third-order valence-electron chi connectivity index (χ3n) is 2.94. The maximum atomic E-state index is 11.1. The molecule has 0 aliphatic heterocycles. The Morgan fingerprint density at radius 3 is 2.71 bits per heavy atom. The molecule has 17 heavy (non-hydrogen) atoms. The van der Waals surface area contributed by atoms with Gasteiger partial charge < -0.3 is 4.74 Å². The predicted octanol–water partition coefficient (Wildman–Crippen LogP) is 2.62. The normalized spacial score (nSPS) is 16.1. The lowest BCUT2D eigenvalue weighted by Crippen LogP contribution is -2.28. The van der Waals surface area contributed by atoms with E-state index in [9.17, 15) is 4.79 Å². The van der Waals surface area contributed by atoms with Crippen LogP contribution in [0.4, 0.5) is 0 Å². The molecule has 1 aliphatic carbocycles. The van der Waals surface area contributed by atoms with Crippen molar-refractivity contribution in [2.45, 2.75) is 46.1 Å². The van der Waals surface area contributed by atoms with Crippen LogP contribution in [0.5, 0.6) is 0 Å². The van der Waals surface area contributed by atoms with Crippen LogP contribution < -0.4 is 0 Å². The Morgan fingerprint density at radius 2 is 2.18 bits per heavy atom. The van der Waals surface area contributed by atoms with Crippen LogP contribution in [-0.4, -0.2) is 36.6 Å². The van der Waals surface area contributed by atoms with Crippen LogP contribution >= 0.6 is 0 Å². The SMILES string of the molecule is CCOC(=O)/C=C/CN(CCC(C)C)C1CC1. The zero-order valence-corrected chi connectivity index (χ0v) is 11.3. The van der Waals surface area contributed by atoms with Crippen molar-refractivity contribution < 1.29 is 9.53 Å². The quantitative estimate of drug-likeness (QED) is 0.482. The van der Waals surface area contributed by atoms with E-state index in [2.05, 4.69) is 18.7 Å². The van der Waals surface area contributed by atoms with Gasteiger partial charge in [-0.05, 0) is 38.6 Å². The van der Waals surface area contributed by atoms with Crippen molar-refractivity contribution in [1.29, 1.82) is 0 Å². The van der Waals surface area contributed by atoms with Crippen molar-refractivity contribution >= 4 is 5.97 Å². The Balaban J connectivity index is 2.26. The Morgan fingerprint density at radius 1 is 1.47 bits per heavy atom. The minimum Gasteiger partial charge on any atom is -0.463 e. The maximum Gasteiger partial charge on any atom is 0.330 e. The van der Waals surface area contributed by atoms with Gasteiger partial charge in [-0.25, -0.2) is 4.79 Å². The summed E-state index contributed by atoms with van der Waals surface area (Å²) in [6.45, 7) is 8.78. The topological polar surface area (TPSA) is 29.5 Å². The Hall–Kier alpha value is -0.830. The lowest BCUT2D eigenvalue weighted by molar-refractivity contribution is -0.137. The highest BCUT2D eigenvalue weighted by Gasteiger charge is 2.27. The average molecular weight is 239 g/mol. The highest BCUT2D eigenvalue weighted by molar-refractivity contribution is 5.81. The fourth-order valence-electron chi connectivity index (χ4n) is 1.76. The second-order valence-electron chi connectivity index (χ2n) is 5.06. The molecule has 1 fully saturated rings. The third kappa shape index (κ3) is 6.47. The lowest BCUT2D eigenvalue weighted by atomic mass is 10.1. The minimum absolute atomic E-state index is 0.230. The molecule has 3 nitrogen and oxygen atoms in total. The fraction of sp³-hybridized carbons (Fsp3) is 0.786.